The van der Waals surface area contributed by atoms with Gasteiger partial charge in [0.25, 0.3) is 0 Å². The molecule has 1 aliphatic rings. The Morgan fingerprint density at radius 3 is 2.82 bits per heavy atom. The Hall–Kier alpha value is -0.890. The van der Waals surface area contributed by atoms with Gasteiger partial charge in [-0.25, -0.2) is 4.98 Å². The van der Waals surface area contributed by atoms with Crippen LogP contribution in [0.15, 0.2) is 12.1 Å². The molecule has 92 valence electrons. The van der Waals surface area contributed by atoms with Gasteiger partial charge in [-0.15, -0.1) is 0 Å². The van der Waals surface area contributed by atoms with Crippen LogP contribution in [-0.2, 0) is 9.53 Å². The highest BCUT2D eigenvalue weighted by Gasteiger charge is 2.13. The molecule has 1 aromatic heterocycles. The van der Waals surface area contributed by atoms with Gasteiger partial charge < -0.3 is 15.0 Å². The molecular weight excluding hydrogens is 333 g/mol. The smallest absolute Gasteiger partial charge is 0.222 e. The van der Waals surface area contributed by atoms with Gasteiger partial charge in [-0.05, 0) is 34.7 Å². The number of nitrogens with zero attached hydrogens (tertiary/aromatic N) is 2. The van der Waals surface area contributed by atoms with Crippen molar-refractivity contribution >= 4 is 40.1 Å². The highest BCUT2D eigenvalue weighted by molar-refractivity contribution is 14.1. The van der Waals surface area contributed by atoms with E-state index in [9.17, 15) is 4.79 Å². The Morgan fingerprint density at radius 2 is 2.18 bits per heavy atom. The van der Waals surface area contributed by atoms with Crippen molar-refractivity contribution in [2.24, 2.45) is 0 Å². The lowest BCUT2D eigenvalue weighted by Crippen LogP contribution is -2.36. The first-order valence-electron chi connectivity index (χ1n) is 5.43. The largest absolute Gasteiger partial charge is 0.378 e. The standard InChI is InChI=1S/C11H14IN3O2/c1-8(16)13-10-6-9(12)7-11(14-10)15-2-4-17-5-3-15/h6-7H,2-5H2,1H3,(H,13,14,16). The van der Waals surface area contributed by atoms with Gasteiger partial charge >= 0.3 is 0 Å². The molecule has 0 unspecified atom stereocenters. The fourth-order valence-corrected chi connectivity index (χ4v) is 2.26. The third-order valence-electron chi connectivity index (χ3n) is 2.42. The van der Waals surface area contributed by atoms with Crippen LogP contribution in [0.1, 0.15) is 6.92 Å². The topological polar surface area (TPSA) is 54.5 Å². The molecule has 1 saturated heterocycles. The molecule has 5 nitrogen and oxygen atoms in total. The minimum absolute atomic E-state index is 0.104. The monoisotopic (exact) mass is 347 g/mol. The number of anilines is 2. The third kappa shape index (κ3) is 3.53. The summed E-state index contributed by atoms with van der Waals surface area (Å²) in [5.41, 5.74) is 0. The number of carbonyl (C=O) groups is 1. The average Bonchev–Trinajstić information content (AvgIpc) is 2.28. The van der Waals surface area contributed by atoms with Crippen LogP contribution in [0, 0.1) is 3.57 Å². The Labute approximate surface area is 114 Å². The van der Waals surface area contributed by atoms with Crippen molar-refractivity contribution in [3.8, 4) is 0 Å². The molecule has 0 saturated carbocycles. The number of hydrogen-bond donors (Lipinski definition) is 1. The van der Waals surface area contributed by atoms with Crippen LogP contribution >= 0.6 is 22.6 Å². The SMILES string of the molecule is CC(=O)Nc1cc(I)cc(N2CCOCC2)n1. The number of aromatic nitrogens is 1. The van der Waals surface area contributed by atoms with E-state index in [-0.39, 0.29) is 5.91 Å². The van der Waals surface area contributed by atoms with Gasteiger partial charge in [0.05, 0.1) is 13.2 Å². The lowest BCUT2D eigenvalue weighted by molar-refractivity contribution is -0.114. The second-order valence-electron chi connectivity index (χ2n) is 3.81. The molecule has 6 heteroatoms. The van der Waals surface area contributed by atoms with Gasteiger partial charge in [-0.3, -0.25) is 4.79 Å². The second-order valence-corrected chi connectivity index (χ2v) is 5.06. The summed E-state index contributed by atoms with van der Waals surface area (Å²) in [6.45, 7) is 4.61. The molecule has 2 heterocycles. The molecule has 1 fully saturated rings. The molecule has 1 aromatic rings. The molecule has 0 aliphatic carbocycles. The highest BCUT2D eigenvalue weighted by atomic mass is 127. The van der Waals surface area contributed by atoms with Crippen molar-refractivity contribution in [1.29, 1.82) is 0 Å². The molecule has 1 N–H and O–H groups in total. The number of nitrogens with one attached hydrogen (secondary N) is 1. The number of halogens is 1. The van der Waals surface area contributed by atoms with Crippen LogP contribution in [0.5, 0.6) is 0 Å². The zero-order chi connectivity index (χ0) is 12.3. The van der Waals surface area contributed by atoms with Crippen LogP contribution < -0.4 is 10.2 Å². The molecule has 2 rings (SSSR count). The van der Waals surface area contributed by atoms with Crippen LogP contribution in [0.25, 0.3) is 0 Å². The summed E-state index contributed by atoms with van der Waals surface area (Å²) in [4.78, 5) is 17.6. The summed E-state index contributed by atoms with van der Waals surface area (Å²) in [6.07, 6.45) is 0. The third-order valence-corrected chi connectivity index (χ3v) is 3.04. The number of morpholine rings is 1. The van der Waals surface area contributed by atoms with Crippen molar-refractivity contribution in [3.63, 3.8) is 0 Å². The minimum atomic E-state index is -0.104. The Kier molecular flexibility index (Phi) is 4.16. The van der Waals surface area contributed by atoms with Crippen molar-refractivity contribution in [2.75, 3.05) is 36.5 Å². The predicted molar refractivity (Wildman–Crippen MR) is 74.3 cm³/mol. The van der Waals surface area contributed by atoms with Crippen molar-refractivity contribution < 1.29 is 9.53 Å². The summed E-state index contributed by atoms with van der Waals surface area (Å²) in [5.74, 6) is 1.39. The van der Waals surface area contributed by atoms with Crippen LogP contribution in [0.4, 0.5) is 11.6 Å². The molecule has 0 radical (unpaired) electrons. The molecular formula is C11H14IN3O2. The van der Waals surface area contributed by atoms with E-state index < -0.39 is 0 Å². The normalized spacial score (nSPS) is 15.8. The first kappa shape index (κ1) is 12.6. The number of ether oxygens (including phenoxy) is 1. The van der Waals surface area contributed by atoms with E-state index in [0.29, 0.717) is 5.82 Å². The van der Waals surface area contributed by atoms with E-state index in [1.165, 1.54) is 6.92 Å². The van der Waals surface area contributed by atoms with E-state index >= 15 is 0 Å². The Bertz CT molecular complexity index is 419. The summed E-state index contributed by atoms with van der Waals surface area (Å²) in [5, 5.41) is 2.71. The maximum absolute atomic E-state index is 11.0. The van der Waals surface area contributed by atoms with Crippen LogP contribution in [0.3, 0.4) is 0 Å². The van der Waals surface area contributed by atoms with E-state index in [0.717, 1.165) is 35.7 Å². The van der Waals surface area contributed by atoms with Gasteiger partial charge in [0.15, 0.2) is 0 Å². The molecule has 1 aliphatic heterocycles. The van der Waals surface area contributed by atoms with Crippen molar-refractivity contribution in [1.82, 2.24) is 4.98 Å². The molecule has 0 spiro atoms. The lowest BCUT2D eigenvalue weighted by Gasteiger charge is -2.28. The van der Waals surface area contributed by atoms with Gasteiger partial charge in [0.1, 0.15) is 11.6 Å². The number of rotatable bonds is 2. The van der Waals surface area contributed by atoms with Gasteiger partial charge in [-0.1, -0.05) is 0 Å². The maximum atomic E-state index is 11.0. The summed E-state index contributed by atoms with van der Waals surface area (Å²) >= 11 is 2.22. The summed E-state index contributed by atoms with van der Waals surface area (Å²) < 4.78 is 6.36. The number of hydrogen-bond acceptors (Lipinski definition) is 4. The number of amides is 1. The highest BCUT2D eigenvalue weighted by Crippen LogP contribution is 2.20. The van der Waals surface area contributed by atoms with Crippen molar-refractivity contribution in [2.45, 2.75) is 6.92 Å². The molecule has 0 aromatic carbocycles. The summed E-state index contributed by atoms with van der Waals surface area (Å²) in [7, 11) is 0. The summed E-state index contributed by atoms with van der Waals surface area (Å²) in [6, 6.07) is 3.86. The average molecular weight is 347 g/mol. The zero-order valence-electron chi connectivity index (χ0n) is 9.57. The fourth-order valence-electron chi connectivity index (χ4n) is 1.68. The Morgan fingerprint density at radius 1 is 1.47 bits per heavy atom. The van der Waals surface area contributed by atoms with E-state index in [1.807, 2.05) is 12.1 Å². The first-order chi connectivity index (χ1) is 8.15. The number of pyridine rings is 1. The maximum Gasteiger partial charge on any atom is 0.222 e. The van der Waals surface area contributed by atoms with Gasteiger partial charge in [0, 0.05) is 23.6 Å². The number of carbonyl (C=O) groups excluding carboxylic acids is 1. The van der Waals surface area contributed by atoms with Crippen LogP contribution in [0.2, 0.25) is 0 Å². The molecule has 17 heavy (non-hydrogen) atoms. The minimum Gasteiger partial charge on any atom is -0.378 e. The first-order valence-corrected chi connectivity index (χ1v) is 6.51. The predicted octanol–water partition coefficient (Wildman–Crippen LogP) is 1.48. The van der Waals surface area contributed by atoms with Crippen LogP contribution in [-0.4, -0.2) is 37.2 Å². The molecule has 1 amide bonds. The quantitative estimate of drug-likeness (QED) is 0.824. The lowest BCUT2D eigenvalue weighted by atomic mass is 10.3. The Balaban J connectivity index is 2.20. The van der Waals surface area contributed by atoms with Gasteiger partial charge in [-0.2, -0.15) is 0 Å². The molecule has 0 atom stereocenters. The van der Waals surface area contributed by atoms with Crippen molar-refractivity contribution in [3.05, 3.63) is 15.7 Å². The zero-order valence-corrected chi connectivity index (χ0v) is 11.7. The van der Waals surface area contributed by atoms with Gasteiger partial charge in [0.2, 0.25) is 5.91 Å². The van der Waals surface area contributed by atoms with E-state index in [1.54, 1.807) is 0 Å². The fraction of sp³-hybridized carbons (Fsp3) is 0.455. The second kappa shape index (κ2) is 5.63. The van der Waals surface area contributed by atoms with E-state index in [2.05, 4.69) is 37.8 Å². The van der Waals surface area contributed by atoms with E-state index in [4.69, 9.17) is 4.74 Å². The molecule has 0 bridgehead atoms.